The molecule has 0 saturated heterocycles. The highest BCUT2D eigenvalue weighted by Gasteiger charge is 2.26. The van der Waals surface area contributed by atoms with Gasteiger partial charge in [0.1, 0.15) is 10.6 Å². The molecule has 0 saturated carbocycles. The molecule has 0 bridgehead atoms. The smallest absolute Gasteiger partial charge is 0.306 e. The predicted octanol–water partition coefficient (Wildman–Crippen LogP) is 2.94. The Labute approximate surface area is 195 Å². The quantitative estimate of drug-likeness (QED) is 0.471. The van der Waals surface area contributed by atoms with Crippen molar-refractivity contribution in [3.05, 3.63) is 57.0 Å². The van der Waals surface area contributed by atoms with E-state index in [1.807, 2.05) is 24.3 Å². The fourth-order valence-electron chi connectivity index (χ4n) is 4.14. The number of hydrogen-bond donors (Lipinski definition) is 0. The number of hydrogen-bond acceptors (Lipinski definition) is 7. The van der Waals surface area contributed by atoms with Crippen molar-refractivity contribution in [3.63, 3.8) is 0 Å². The molecule has 3 aromatic rings. The van der Waals surface area contributed by atoms with E-state index in [-0.39, 0.29) is 30.3 Å². The molecule has 1 aromatic carbocycles. The molecule has 1 amide bonds. The van der Waals surface area contributed by atoms with Crippen LogP contribution in [0.3, 0.4) is 0 Å². The average molecular weight is 470 g/mol. The molecule has 4 rings (SSSR count). The lowest BCUT2D eigenvalue weighted by Crippen LogP contribution is -2.35. The number of methoxy groups -OCH3 is 1. The number of fused-ring (bicyclic) bond motifs is 3. The lowest BCUT2D eigenvalue weighted by molar-refractivity contribution is -0.145. The number of benzene rings is 1. The minimum absolute atomic E-state index is 0.0468. The van der Waals surface area contributed by atoms with Gasteiger partial charge in [-0.3, -0.25) is 19.0 Å². The maximum absolute atomic E-state index is 13.3. The Bertz CT molecular complexity index is 1230. The van der Waals surface area contributed by atoms with Crippen LogP contribution in [0.5, 0.6) is 5.75 Å². The monoisotopic (exact) mass is 469 g/mol. The Morgan fingerprint density at radius 3 is 2.82 bits per heavy atom. The number of ether oxygens (including phenoxy) is 2. The highest BCUT2D eigenvalue weighted by Crippen LogP contribution is 2.32. The van der Waals surface area contributed by atoms with E-state index in [1.165, 1.54) is 11.3 Å². The summed E-state index contributed by atoms with van der Waals surface area (Å²) < 4.78 is 12.0. The Morgan fingerprint density at radius 1 is 1.21 bits per heavy atom. The Hall–Kier alpha value is -3.20. The highest BCUT2D eigenvalue weighted by molar-refractivity contribution is 7.18. The molecule has 0 fully saturated rings. The molecule has 2 aromatic heterocycles. The molecule has 1 aliphatic rings. The number of esters is 1. The van der Waals surface area contributed by atoms with Crippen molar-refractivity contribution in [2.75, 3.05) is 20.3 Å². The summed E-state index contributed by atoms with van der Waals surface area (Å²) in [7, 11) is 1.64. The van der Waals surface area contributed by atoms with Crippen molar-refractivity contribution in [1.29, 1.82) is 0 Å². The van der Waals surface area contributed by atoms with Crippen LogP contribution in [0.2, 0.25) is 0 Å². The molecule has 9 heteroatoms. The zero-order valence-corrected chi connectivity index (χ0v) is 19.7. The van der Waals surface area contributed by atoms with E-state index < -0.39 is 0 Å². The van der Waals surface area contributed by atoms with Gasteiger partial charge in [-0.05, 0) is 37.0 Å². The predicted molar refractivity (Wildman–Crippen MR) is 126 cm³/mol. The minimum atomic E-state index is -0.358. The molecule has 0 radical (unpaired) electrons. The molecule has 0 aliphatic carbocycles. The second-order valence-electron chi connectivity index (χ2n) is 7.86. The first-order chi connectivity index (χ1) is 16.0. The average Bonchev–Trinajstić information content (AvgIpc) is 3.21. The third kappa shape index (κ3) is 4.93. The van der Waals surface area contributed by atoms with Crippen LogP contribution in [-0.2, 0) is 40.3 Å². The first kappa shape index (κ1) is 23.0. The van der Waals surface area contributed by atoms with E-state index >= 15 is 0 Å². The van der Waals surface area contributed by atoms with E-state index in [9.17, 15) is 14.4 Å². The van der Waals surface area contributed by atoms with Crippen molar-refractivity contribution < 1.29 is 19.1 Å². The number of aromatic nitrogens is 2. The summed E-state index contributed by atoms with van der Waals surface area (Å²) in [6, 6.07) is 7.78. The van der Waals surface area contributed by atoms with Gasteiger partial charge in [0.15, 0.2) is 0 Å². The molecule has 174 valence electrons. The Balaban J connectivity index is 1.49. The van der Waals surface area contributed by atoms with Crippen LogP contribution in [-0.4, -0.2) is 46.6 Å². The first-order valence-electron chi connectivity index (χ1n) is 11.1. The third-order valence-electron chi connectivity index (χ3n) is 5.84. The lowest BCUT2D eigenvalue weighted by Gasteiger charge is -2.27. The van der Waals surface area contributed by atoms with Crippen molar-refractivity contribution in [2.45, 2.75) is 45.7 Å². The van der Waals surface area contributed by atoms with E-state index in [0.717, 1.165) is 21.8 Å². The third-order valence-corrected chi connectivity index (χ3v) is 6.97. The van der Waals surface area contributed by atoms with Crippen molar-refractivity contribution in [3.8, 4) is 5.75 Å². The molecule has 0 N–H and O–H groups in total. The number of carbonyl (C=O) groups is 2. The zero-order valence-electron chi connectivity index (χ0n) is 18.8. The van der Waals surface area contributed by atoms with Gasteiger partial charge >= 0.3 is 5.97 Å². The van der Waals surface area contributed by atoms with Gasteiger partial charge in [-0.1, -0.05) is 18.2 Å². The largest absolute Gasteiger partial charge is 0.496 e. The van der Waals surface area contributed by atoms with Crippen molar-refractivity contribution in [1.82, 2.24) is 14.5 Å². The Kier molecular flexibility index (Phi) is 7.08. The number of aryl methyl sites for hydroxylation is 2. The van der Waals surface area contributed by atoms with E-state index in [2.05, 4.69) is 4.98 Å². The van der Waals surface area contributed by atoms with Crippen LogP contribution in [0.4, 0.5) is 0 Å². The second-order valence-corrected chi connectivity index (χ2v) is 8.94. The fourth-order valence-corrected chi connectivity index (χ4v) is 5.34. The molecule has 0 atom stereocenters. The van der Waals surface area contributed by atoms with Gasteiger partial charge in [0, 0.05) is 24.4 Å². The topological polar surface area (TPSA) is 90.7 Å². The number of para-hydroxylation sites is 1. The molecule has 0 unspecified atom stereocenters. The number of thiophene rings is 1. The maximum Gasteiger partial charge on any atom is 0.306 e. The van der Waals surface area contributed by atoms with Gasteiger partial charge in [-0.15, -0.1) is 11.3 Å². The molecule has 3 heterocycles. The van der Waals surface area contributed by atoms with E-state index in [1.54, 1.807) is 29.8 Å². The standard InChI is InChI=1S/C24H27N3O5S/c1-3-32-21(29)9-8-20(28)26-13-11-17-19(14-26)33-23-22(17)24(30)27(15-25-23)12-10-16-6-4-5-7-18(16)31-2/h4-7,15H,3,8-14H2,1-2H3. The van der Waals surface area contributed by atoms with Crippen LogP contribution in [0.25, 0.3) is 10.2 Å². The van der Waals surface area contributed by atoms with Gasteiger partial charge in [0.2, 0.25) is 5.91 Å². The summed E-state index contributed by atoms with van der Waals surface area (Å²) in [5, 5.41) is 0.663. The van der Waals surface area contributed by atoms with Gasteiger partial charge in [-0.25, -0.2) is 4.98 Å². The first-order valence-corrected chi connectivity index (χ1v) is 11.9. The minimum Gasteiger partial charge on any atom is -0.496 e. The number of amides is 1. The summed E-state index contributed by atoms with van der Waals surface area (Å²) in [6.45, 7) is 3.53. The Morgan fingerprint density at radius 2 is 2.03 bits per heavy atom. The second kappa shape index (κ2) is 10.2. The SMILES string of the molecule is CCOC(=O)CCC(=O)N1CCc2c(sc3ncn(CCc4ccccc4OC)c(=O)c23)C1. The van der Waals surface area contributed by atoms with E-state index in [4.69, 9.17) is 9.47 Å². The summed E-state index contributed by atoms with van der Waals surface area (Å²) >= 11 is 1.47. The normalized spacial score (nSPS) is 13.1. The van der Waals surface area contributed by atoms with E-state index in [0.29, 0.717) is 49.3 Å². The van der Waals surface area contributed by atoms with Crippen molar-refractivity contribution in [2.24, 2.45) is 0 Å². The molecular weight excluding hydrogens is 442 g/mol. The van der Waals surface area contributed by atoms with Crippen molar-refractivity contribution >= 4 is 33.4 Å². The summed E-state index contributed by atoms with van der Waals surface area (Å²) in [5.74, 6) is 0.372. The molecule has 1 aliphatic heterocycles. The lowest BCUT2D eigenvalue weighted by atomic mass is 10.0. The maximum atomic E-state index is 13.3. The van der Waals surface area contributed by atoms with Gasteiger partial charge in [0.05, 0.1) is 38.4 Å². The zero-order chi connectivity index (χ0) is 23.4. The summed E-state index contributed by atoms with van der Waals surface area (Å²) in [4.78, 5) is 45.4. The number of carbonyl (C=O) groups excluding carboxylic acids is 2. The fraction of sp³-hybridized carbons (Fsp3) is 0.417. The molecule has 8 nitrogen and oxygen atoms in total. The number of rotatable bonds is 8. The van der Waals surface area contributed by atoms with Crippen LogP contribution in [0.1, 0.15) is 35.8 Å². The van der Waals surface area contributed by atoms with Gasteiger partial charge in [-0.2, -0.15) is 0 Å². The number of nitrogens with zero attached hydrogens (tertiary/aromatic N) is 3. The van der Waals surface area contributed by atoms with Crippen LogP contribution < -0.4 is 10.3 Å². The van der Waals surface area contributed by atoms with Gasteiger partial charge in [0.25, 0.3) is 5.56 Å². The molecule has 33 heavy (non-hydrogen) atoms. The summed E-state index contributed by atoms with van der Waals surface area (Å²) in [6.07, 6.45) is 3.08. The van der Waals surface area contributed by atoms with Gasteiger partial charge < -0.3 is 14.4 Å². The van der Waals surface area contributed by atoms with Crippen LogP contribution in [0.15, 0.2) is 35.4 Å². The molecular formula is C24H27N3O5S. The summed E-state index contributed by atoms with van der Waals surface area (Å²) in [5.41, 5.74) is 1.99. The van der Waals surface area contributed by atoms with Crippen LogP contribution in [0, 0.1) is 0 Å². The van der Waals surface area contributed by atoms with Crippen LogP contribution >= 0.6 is 11.3 Å². The highest BCUT2D eigenvalue weighted by atomic mass is 32.1. The molecule has 0 spiro atoms.